The molecule has 0 spiro atoms. The molecule has 0 bridgehead atoms. The largest absolute Gasteiger partial charge is 0.416 e. The van der Waals surface area contributed by atoms with Crippen molar-refractivity contribution in [1.82, 2.24) is 14.8 Å². The number of halogens is 5. The monoisotopic (exact) mass is 380 g/mol. The summed E-state index contributed by atoms with van der Waals surface area (Å²) in [5.41, 5.74) is -1.10. The first-order valence-corrected chi connectivity index (χ1v) is 7.98. The zero-order valence-electron chi connectivity index (χ0n) is 13.6. The zero-order valence-corrected chi connectivity index (χ0v) is 15.1. The van der Waals surface area contributed by atoms with Crippen LogP contribution in [0.5, 0.6) is 0 Å². The Morgan fingerprint density at radius 2 is 1.67 bits per heavy atom. The van der Waals surface area contributed by atoms with Gasteiger partial charge in [0.05, 0.1) is 15.6 Å². The van der Waals surface area contributed by atoms with Gasteiger partial charge < -0.3 is 5.32 Å². The number of benzene rings is 1. The second kappa shape index (κ2) is 6.44. The Labute approximate surface area is 148 Å². The fraction of sp³-hybridized carbons (Fsp3) is 0.467. The van der Waals surface area contributed by atoms with Crippen LogP contribution in [0, 0.1) is 0 Å². The summed E-state index contributed by atoms with van der Waals surface area (Å²) in [5, 5.41) is 7.09. The van der Waals surface area contributed by atoms with Gasteiger partial charge in [0.15, 0.2) is 5.82 Å². The van der Waals surface area contributed by atoms with Gasteiger partial charge in [0.2, 0.25) is 5.95 Å². The van der Waals surface area contributed by atoms with Gasteiger partial charge in [0, 0.05) is 12.0 Å². The SMILES string of the molecule is CCNc1nc(C(C)(C)C)nn1-c1c(Cl)cc(C(F)(F)F)cc1Cl. The van der Waals surface area contributed by atoms with Gasteiger partial charge in [-0.15, -0.1) is 5.10 Å². The standard InChI is InChI=1S/C15H17Cl2F3N4/c1-5-21-13-22-12(14(2,3)4)23-24(13)11-9(16)6-8(7-10(11)17)15(18,19)20/h6-7H,5H2,1-4H3,(H,21,22,23). The van der Waals surface area contributed by atoms with Gasteiger partial charge in [-0.2, -0.15) is 22.8 Å². The molecule has 0 radical (unpaired) electrons. The van der Waals surface area contributed by atoms with Crippen molar-refractivity contribution in [3.63, 3.8) is 0 Å². The highest BCUT2D eigenvalue weighted by Crippen LogP contribution is 2.38. The number of anilines is 1. The molecule has 1 aromatic carbocycles. The van der Waals surface area contributed by atoms with Crippen molar-refractivity contribution in [1.29, 1.82) is 0 Å². The predicted octanol–water partition coefficient (Wildman–Crippen LogP) is 5.32. The van der Waals surface area contributed by atoms with Crippen LogP contribution in [0.3, 0.4) is 0 Å². The summed E-state index contributed by atoms with van der Waals surface area (Å²) in [6.45, 7) is 8.21. The highest BCUT2D eigenvalue weighted by atomic mass is 35.5. The van der Waals surface area contributed by atoms with E-state index in [-0.39, 0.29) is 21.1 Å². The summed E-state index contributed by atoms with van der Waals surface area (Å²) in [5.74, 6) is 0.886. The normalized spacial score (nSPS) is 12.5. The van der Waals surface area contributed by atoms with E-state index in [1.165, 1.54) is 4.68 Å². The molecule has 0 amide bonds. The lowest BCUT2D eigenvalue weighted by atomic mass is 9.96. The molecule has 0 aliphatic rings. The Morgan fingerprint density at radius 3 is 2.08 bits per heavy atom. The summed E-state index contributed by atoms with van der Waals surface area (Å²) in [6.07, 6.45) is -4.53. The van der Waals surface area contributed by atoms with E-state index in [2.05, 4.69) is 15.4 Å². The molecule has 1 N–H and O–H groups in total. The van der Waals surface area contributed by atoms with Crippen LogP contribution < -0.4 is 5.32 Å². The Hall–Kier alpha value is -1.47. The van der Waals surface area contributed by atoms with Crippen molar-refractivity contribution in [2.75, 3.05) is 11.9 Å². The summed E-state index contributed by atoms with van der Waals surface area (Å²) < 4.78 is 40.0. The molecule has 0 saturated carbocycles. The van der Waals surface area contributed by atoms with Crippen LogP contribution in [0.1, 0.15) is 39.1 Å². The number of aromatic nitrogens is 3. The van der Waals surface area contributed by atoms with E-state index in [1.807, 2.05) is 27.7 Å². The molecule has 0 saturated heterocycles. The molecule has 1 aromatic heterocycles. The lowest BCUT2D eigenvalue weighted by molar-refractivity contribution is -0.137. The van der Waals surface area contributed by atoms with Crippen LogP contribution in [0.25, 0.3) is 5.69 Å². The number of nitrogens with one attached hydrogen (secondary N) is 1. The molecular formula is C15H17Cl2F3N4. The molecule has 0 aliphatic carbocycles. The molecule has 0 fully saturated rings. The third-order valence-electron chi connectivity index (χ3n) is 3.17. The molecule has 0 atom stereocenters. The van der Waals surface area contributed by atoms with E-state index < -0.39 is 11.7 Å². The summed E-state index contributed by atoms with van der Waals surface area (Å²) in [4.78, 5) is 4.40. The van der Waals surface area contributed by atoms with E-state index in [0.717, 1.165) is 12.1 Å². The Bertz CT molecular complexity index is 725. The smallest absolute Gasteiger partial charge is 0.354 e. The van der Waals surface area contributed by atoms with E-state index in [0.29, 0.717) is 18.3 Å². The molecule has 24 heavy (non-hydrogen) atoms. The van der Waals surface area contributed by atoms with Gasteiger partial charge in [-0.25, -0.2) is 0 Å². The average molecular weight is 381 g/mol. The van der Waals surface area contributed by atoms with Crippen LogP contribution in [-0.4, -0.2) is 21.3 Å². The van der Waals surface area contributed by atoms with Crippen molar-refractivity contribution in [3.8, 4) is 5.69 Å². The highest BCUT2D eigenvalue weighted by molar-refractivity contribution is 6.37. The third-order valence-corrected chi connectivity index (χ3v) is 3.75. The van der Waals surface area contributed by atoms with E-state index >= 15 is 0 Å². The molecule has 2 aromatic rings. The minimum absolute atomic E-state index is 0.153. The van der Waals surface area contributed by atoms with Crippen molar-refractivity contribution in [2.24, 2.45) is 0 Å². The van der Waals surface area contributed by atoms with Crippen molar-refractivity contribution in [3.05, 3.63) is 33.6 Å². The maximum Gasteiger partial charge on any atom is 0.416 e. The first kappa shape index (κ1) is 18.9. The van der Waals surface area contributed by atoms with Gasteiger partial charge in [0.1, 0.15) is 5.69 Å². The van der Waals surface area contributed by atoms with Gasteiger partial charge in [0.25, 0.3) is 0 Å². The van der Waals surface area contributed by atoms with Crippen LogP contribution in [-0.2, 0) is 11.6 Å². The average Bonchev–Trinajstić information content (AvgIpc) is 2.81. The van der Waals surface area contributed by atoms with Crippen molar-refractivity contribution >= 4 is 29.2 Å². The van der Waals surface area contributed by atoms with Crippen LogP contribution in [0.4, 0.5) is 19.1 Å². The second-order valence-electron chi connectivity index (χ2n) is 6.24. The molecule has 4 nitrogen and oxygen atoms in total. The molecule has 2 rings (SSSR count). The zero-order chi connectivity index (χ0) is 18.3. The molecule has 0 aliphatic heterocycles. The predicted molar refractivity (Wildman–Crippen MR) is 89.2 cm³/mol. The number of hydrogen-bond donors (Lipinski definition) is 1. The second-order valence-corrected chi connectivity index (χ2v) is 7.05. The first-order chi connectivity index (χ1) is 10.9. The number of rotatable bonds is 3. The quantitative estimate of drug-likeness (QED) is 0.782. The van der Waals surface area contributed by atoms with Crippen LogP contribution in [0.15, 0.2) is 12.1 Å². The maximum absolute atomic E-state index is 12.9. The molecule has 0 unspecified atom stereocenters. The summed E-state index contributed by atoms with van der Waals surface area (Å²) >= 11 is 12.1. The van der Waals surface area contributed by atoms with Gasteiger partial charge in [-0.3, -0.25) is 0 Å². The first-order valence-electron chi connectivity index (χ1n) is 7.23. The Balaban J connectivity index is 2.65. The molecule has 9 heteroatoms. The third kappa shape index (κ3) is 3.78. The molecular weight excluding hydrogens is 364 g/mol. The van der Waals surface area contributed by atoms with Gasteiger partial charge in [-0.05, 0) is 19.1 Å². The molecule has 132 valence electrons. The maximum atomic E-state index is 12.9. The number of alkyl halides is 3. The van der Waals surface area contributed by atoms with Crippen molar-refractivity contribution in [2.45, 2.75) is 39.3 Å². The fourth-order valence-electron chi connectivity index (χ4n) is 1.99. The van der Waals surface area contributed by atoms with Gasteiger partial charge in [-0.1, -0.05) is 44.0 Å². The lowest BCUT2D eigenvalue weighted by Crippen LogP contribution is -2.14. The lowest BCUT2D eigenvalue weighted by Gasteiger charge is -2.14. The minimum Gasteiger partial charge on any atom is -0.354 e. The van der Waals surface area contributed by atoms with Crippen molar-refractivity contribution < 1.29 is 13.2 Å². The van der Waals surface area contributed by atoms with E-state index in [1.54, 1.807) is 0 Å². The van der Waals surface area contributed by atoms with Crippen LogP contribution in [0.2, 0.25) is 10.0 Å². The Morgan fingerprint density at radius 1 is 1.12 bits per heavy atom. The van der Waals surface area contributed by atoms with Gasteiger partial charge >= 0.3 is 6.18 Å². The minimum atomic E-state index is -4.53. The van der Waals surface area contributed by atoms with E-state index in [4.69, 9.17) is 23.2 Å². The number of nitrogens with zero attached hydrogens (tertiary/aromatic N) is 3. The van der Waals surface area contributed by atoms with E-state index in [9.17, 15) is 13.2 Å². The Kier molecular flexibility index (Phi) is 5.06. The highest BCUT2D eigenvalue weighted by Gasteiger charge is 2.33. The topological polar surface area (TPSA) is 42.7 Å². The number of hydrogen-bond acceptors (Lipinski definition) is 3. The summed E-state index contributed by atoms with van der Waals surface area (Å²) in [7, 11) is 0. The fourth-order valence-corrected chi connectivity index (χ4v) is 2.64. The summed E-state index contributed by atoms with van der Waals surface area (Å²) in [6, 6.07) is 1.66. The molecule has 1 heterocycles. The van der Waals surface area contributed by atoms with Crippen LogP contribution >= 0.6 is 23.2 Å².